The molecule has 33 heavy (non-hydrogen) atoms. The summed E-state index contributed by atoms with van der Waals surface area (Å²) in [6.45, 7) is 3.79. The summed E-state index contributed by atoms with van der Waals surface area (Å²) in [5, 5.41) is 3.01. The standard InChI is InChI=1S/C25H30N2O6/c1-3-32-25(30)33-21-10-8-19(9-11-21)24(29)27-14-12-18(13-15-27)17-26-23(28)16-20-6-4-5-7-22(20)31-2/h4-11,18H,3,12-17H2,1-2H3,(H,26,28). The van der Waals surface area contributed by atoms with Gasteiger partial charge in [-0.25, -0.2) is 4.79 Å². The molecule has 2 aromatic rings. The van der Waals surface area contributed by atoms with E-state index in [1.165, 1.54) is 0 Å². The second-order valence-electron chi connectivity index (χ2n) is 7.84. The number of rotatable bonds is 8. The number of hydrogen-bond acceptors (Lipinski definition) is 6. The lowest BCUT2D eigenvalue weighted by atomic mass is 9.96. The van der Waals surface area contributed by atoms with Gasteiger partial charge in [0.2, 0.25) is 5.91 Å². The van der Waals surface area contributed by atoms with Gasteiger partial charge in [0.15, 0.2) is 0 Å². The number of carbonyl (C=O) groups is 3. The SMILES string of the molecule is CCOC(=O)Oc1ccc(C(=O)N2CCC(CNC(=O)Cc3ccccc3OC)CC2)cc1. The first kappa shape index (κ1) is 24.1. The van der Waals surface area contributed by atoms with E-state index in [4.69, 9.17) is 14.2 Å². The Bertz CT molecular complexity index is 952. The lowest BCUT2D eigenvalue weighted by Gasteiger charge is -2.32. The lowest BCUT2D eigenvalue weighted by molar-refractivity contribution is -0.120. The summed E-state index contributed by atoms with van der Waals surface area (Å²) in [5.41, 5.74) is 1.39. The zero-order chi connectivity index (χ0) is 23.6. The summed E-state index contributed by atoms with van der Waals surface area (Å²) in [6, 6.07) is 13.9. The molecule has 1 saturated heterocycles. The number of hydrogen-bond donors (Lipinski definition) is 1. The third-order valence-electron chi connectivity index (χ3n) is 5.60. The van der Waals surface area contributed by atoms with Crippen LogP contribution in [0.5, 0.6) is 11.5 Å². The van der Waals surface area contributed by atoms with Crippen molar-refractivity contribution in [3.05, 3.63) is 59.7 Å². The van der Waals surface area contributed by atoms with Crippen LogP contribution in [0, 0.1) is 5.92 Å². The molecule has 0 spiro atoms. The summed E-state index contributed by atoms with van der Waals surface area (Å²) >= 11 is 0. The van der Waals surface area contributed by atoms with Crippen molar-refractivity contribution in [3.63, 3.8) is 0 Å². The van der Waals surface area contributed by atoms with Gasteiger partial charge < -0.3 is 24.4 Å². The third-order valence-corrected chi connectivity index (χ3v) is 5.60. The number of nitrogens with one attached hydrogen (secondary N) is 1. The number of benzene rings is 2. The second-order valence-corrected chi connectivity index (χ2v) is 7.84. The first-order valence-electron chi connectivity index (χ1n) is 11.1. The number of carbonyl (C=O) groups excluding carboxylic acids is 3. The van der Waals surface area contributed by atoms with E-state index in [2.05, 4.69) is 5.32 Å². The maximum atomic E-state index is 12.8. The van der Waals surface area contributed by atoms with Gasteiger partial charge in [0.05, 0.1) is 20.1 Å². The molecule has 8 nitrogen and oxygen atoms in total. The average molecular weight is 455 g/mol. The minimum atomic E-state index is -0.770. The van der Waals surface area contributed by atoms with Crippen LogP contribution in [0.1, 0.15) is 35.7 Å². The van der Waals surface area contributed by atoms with Crippen LogP contribution in [0.25, 0.3) is 0 Å². The van der Waals surface area contributed by atoms with E-state index >= 15 is 0 Å². The zero-order valence-corrected chi connectivity index (χ0v) is 19.0. The van der Waals surface area contributed by atoms with Crippen LogP contribution >= 0.6 is 0 Å². The molecule has 3 rings (SSSR count). The summed E-state index contributed by atoms with van der Waals surface area (Å²) < 4.78 is 15.1. The topological polar surface area (TPSA) is 94.2 Å². The Morgan fingerprint density at radius 3 is 2.39 bits per heavy atom. The smallest absolute Gasteiger partial charge is 0.496 e. The van der Waals surface area contributed by atoms with Crippen LogP contribution in [-0.4, -0.2) is 56.2 Å². The van der Waals surface area contributed by atoms with E-state index in [0.717, 1.165) is 18.4 Å². The van der Waals surface area contributed by atoms with Gasteiger partial charge in [-0.2, -0.15) is 0 Å². The first-order chi connectivity index (χ1) is 16.0. The van der Waals surface area contributed by atoms with Crippen molar-refractivity contribution in [1.29, 1.82) is 0 Å². The summed E-state index contributed by atoms with van der Waals surface area (Å²) in [6.07, 6.45) is 1.15. The Kier molecular flexibility index (Phi) is 8.69. The average Bonchev–Trinajstić information content (AvgIpc) is 2.83. The van der Waals surface area contributed by atoms with E-state index in [1.807, 2.05) is 29.2 Å². The maximum Gasteiger partial charge on any atom is 0.513 e. The molecule has 0 radical (unpaired) electrons. The molecule has 0 bridgehead atoms. The molecule has 0 unspecified atom stereocenters. The molecule has 1 fully saturated rings. The number of nitrogens with zero attached hydrogens (tertiary/aromatic N) is 1. The van der Waals surface area contributed by atoms with Gasteiger partial charge in [0.25, 0.3) is 5.91 Å². The molecule has 2 amide bonds. The van der Waals surface area contributed by atoms with Crippen LogP contribution in [-0.2, 0) is 16.0 Å². The van der Waals surface area contributed by atoms with Crippen LogP contribution in [0.4, 0.5) is 4.79 Å². The quantitative estimate of drug-likeness (QED) is 0.485. The van der Waals surface area contributed by atoms with Gasteiger partial charge in [0.1, 0.15) is 11.5 Å². The molecule has 2 aromatic carbocycles. The normalized spacial score (nSPS) is 13.8. The second kappa shape index (κ2) is 11.9. The fraction of sp³-hybridized carbons (Fsp3) is 0.400. The summed E-state index contributed by atoms with van der Waals surface area (Å²) in [7, 11) is 1.59. The van der Waals surface area contributed by atoms with Crippen molar-refractivity contribution in [2.45, 2.75) is 26.2 Å². The Labute approximate surface area is 193 Å². The van der Waals surface area contributed by atoms with Gasteiger partial charge in [-0.05, 0) is 56.0 Å². The van der Waals surface area contributed by atoms with Crippen LogP contribution in [0.15, 0.2) is 48.5 Å². The van der Waals surface area contributed by atoms with Crippen molar-refractivity contribution in [3.8, 4) is 11.5 Å². The highest BCUT2D eigenvalue weighted by Crippen LogP contribution is 2.21. The Morgan fingerprint density at radius 1 is 1.03 bits per heavy atom. The number of methoxy groups -OCH3 is 1. The molecule has 1 heterocycles. The number of piperidine rings is 1. The fourth-order valence-corrected chi connectivity index (χ4v) is 3.77. The fourth-order valence-electron chi connectivity index (χ4n) is 3.77. The van der Waals surface area contributed by atoms with E-state index in [9.17, 15) is 14.4 Å². The van der Waals surface area contributed by atoms with Crippen LogP contribution < -0.4 is 14.8 Å². The minimum Gasteiger partial charge on any atom is -0.496 e. The predicted octanol–water partition coefficient (Wildman–Crippen LogP) is 3.44. The van der Waals surface area contributed by atoms with Crippen molar-refractivity contribution < 1.29 is 28.6 Å². The van der Waals surface area contributed by atoms with Gasteiger partial charge >= 0.3 is 6.16 Å². The lowest BCUT2D eigenvalue weighted by Crippen LogP contribution is -2.41. The van der Waals surface area contributed by atoms with Crippen molar-refractivity contribution >= 4 is 18.0 Å². The minimum absolute atomic E-state index is 0.0388. The molecule has 1 aliphatic heterocycles. The van der Waals surface area contributed by atoms with Gasteiger partial charge in [-0.3, -0.25) is 9.59 Å². The molecular formula is C25H30N2O6. The molecule has 0 saturated carbocycles. The summed E-state index contributed by atoms with van der Waals surface area (Å²) in [4.78, 5) is 38.3. The predicted molar refractivity (Wildman–Crippen MR) is 122 cm³/mol. The van der Waals surface area contributed by atoms with Crippen molar-refractivity contribution in [2.75, 3.05) is 33.4 Å². The van der Waals surface area contributed by atoms with Gasteiger partial charge in [-0.1, -0.05) is 18.2 Å². The monoisotopic (exact) mass is 454 g/mol. The van der Waals surface area contributed by atoms with Crippen LogP contribution in [0.3, 0.4) is 0 Å². The highest BCUT2D eigenvalue weighted by atomic mass is 16.7. The largest absolute Gasteiger partial charge is 0.513 e. The number of amides is 2. The highest BCUT2D eigenvalue weighted by molar-refractivity contribution is 5.94. The Morgan fingerprint density at radius 2 is 1.73 bits per heavy atom. The van der Waals surface area contributed by atoms with E-state index < -0.39 is 6.16 Å². The number of likely N-dealkylation sites (tertiary alicyclic amines) is 1. The highest BCUT2D eigenvalue weighted by Gasteiger charge is 2.24. The van der Waals surface area contributed by atoms with E-state index in [0.29, 0.717) is 42.6 Å². The van der Waals surface area contributed by atoms with Gasteiger partial charge in [0, 0.05) is 30.8 Å². The molecule has 1 aliphatic rings. The van der Waals surface area contributed by atoms with Crippen molar-refractivity contribution in [1.82, 2.24) is 10.2 Å². The molecule has 176 valence electrons. The van der Waals surface area contributed by atoms with Crippen LogP contribution in [0.2, 0.25) is 0 Å². The first-order valence-corrected chi connectivity index (χ1v) is 11.1. The molecule has 0 aromatic heterocycles. The molecule has 1 N–H and O–H groups in total. The molecule has 8 heteroatoms. The zero-order valence-electron chi connectivity index (χ0n) is 19.0. The number of para-hydroxylation sites is 1. The maximum absolute atomic E-state index is 12.8. The van der Waals surface area contributed by atoms with E-state index in [-0.39, 0.29) is 24.8 Å². The Hall–Kier alpha value is -3.55. The molecular weight excluding hydrogens is 424 g/mol. The van der Waals surface area contributed by atoms with Crippen molar-refractivity contribution in [2.24, 2.45) is 5.92 Å². The molecule has 0 aliphatic carbocycles. The van der Waals surface area contributed by atoms with Gasteiger partial charge in [-0.15, -0.1) is 0 Å². The summed E-state index contributed by atoms with van der Waals surface area (Å²) in [5.74, 6) is 1.27. The van der Waals surface area contributed by atoms with E-state index in [1.54, 1.807) is 38.3 Å². The third kappa shape index (κ3) is 6.97. The number of ether oxygens (including phenoxy) is 3. The Balaban J connectivity index is 1.42. The molecule has 0 atom stereocenters.